The van der Waals surface area contributed by atoms with Crippen LogP contribution in [0.5, 0.6) is 0 Å². The van der Waals surface area contributed by atoms with Crippen molar-refractivity contribution >= 4 is 35.3 Å². The van der Waals surface area contributed by atoms with Crippen molar-refractivity contribution in [3.8, 4) is 0 Å². The van der Waals surface area contributed by atoms with E-state index in [1.807, 2.05) is 0 Å². The Balaban J connectivity index is 2.48. The second-order valence-corrected chi connectivity index (χ2v) is 8.10. The fourth-order valence-corrected chi connectivity index (χ4v) is 3.01. The van der Waals surface area contributed by atoms with Crippen molar-refractivity contribution in [2.45, 2.75) is 38.3 Å². The van der Waals surface area contributed by atoms with Crippen LogP contribution in [0.2, 0.25) is 10.0 Å². The molecule has 2 aromatic carbocycles. The molecule has 5 nitrogen and oxygen atoms in total. The molecule has 1 atom stereocenters. The van der Waals surface area contributed by atoms with Crippen molar-refractivity contribution in [1.82, 2.24) is 5.32 Å². The number of carbonyl (C=O) groups excluding carboxylic acids is 2. The third-order valence-corrected chi connectivity index (χ3v) is 4.42. The fourth-order valence-electron chi connectivity index (χ4n) is 2.76. The van der Waals surface area contributed by atoms with Gasteiger partial charge in [-0.2, -0.15) is 0 Å². The van der Waals surface area contributed by atoms with Crippen molar-refractivity contribution in [2.75, 3.05) is 7.11 Å². The summed E-state index contributed by atoms with van der Waals surface area (Å²) in [6.45, 7) is 5.24. The molecule has 28 heavy (non-hydrogen) atoms. The Morgan fingerprint density at radius 3 is 1.68 bits per heavy atom. The molecule has 2 rings (SSSR count). The number of halogens is 2. The van der Waals surface area contributed by atoms with E-state index in [1.54, 1.807) is 69.3 Å². The smallest absolute Gasteiger partial charge is 0.408 e. The van der Waals surface area contributed by atoms with Crippen molar-refractivity contribution < 1.29 is 19.1 Å². The predicted octanol–water partition coefficient (Wildman–Crippen LogP) is 5.19. The highest BCUT2D eigenvalue weighted by molar-refractivity contribution is 6.30. The zero-order valence-corrected chi connectivity index (χ0v) is 17.7. The number of amides is 1. The van der Waals surface area contributed by atoms with Gasteiger partial charge >= 0.3 is 12.1 Å². The van der Waals surface area contributed by atoms with Crippen LogP contribution in [0.15, 0.2) is 48.5 Å². The van der Waals surface area contributed by atoms with Crippen LogP contribution in [0.1, 0.15) is 37.8 Å². The topological polar surface area (TPSA) is 64.6 Å². The molecule has 0 aliphatic heterocycles. The van der Waals surface area contributed by atoms with Gasteiger partial charge in [0, 0.05) is 16.0 Å². The first-order chi connectivity index (χ1) is 13.1. The first-order valence-corrected chi connectivity index (χ1v) is 9.44. The maximum Gasteiger partial charge on any atom is 0.408 e. The lowest BCUT2D eigenvalue weighted by Gasteiger charge is -2.28. The van der Waals surface area contributed by atoms with Gasteiger partial charge in [0.05, 0.1) is 7.11 Å². The monoisotopic (exact) mass is 423 g/mol. The fraction of sp³-hybridized carbons (Fsp3) is 0.333. The molecule has 0 fully saturated rings. The second-order valence-electron chi connectivity index (χ2n) is 7.23. The normalized spacial score (nSPS) is 12.4. The molecular weight excluding hydrogens is 401 g/mol. The van der Waals surface area contributed by atoms with Gasteiger partial charge in [0.15, 0.2) is 0 Å². The summed E-state index contributed by atoms with van der Waals surface area (Å²) in [6, 6.07) is 13.1. The summed E-state index contributed by atoms with van der Waals surface area (Å²) < 4.78 is 10.3. The second kappa shape index (κ2) is 9.30. The maximum atomic E-state index is 12.6. The Kier molecular flexibility index (Phi) is 7.33. The number of rotatable bonds is 5. The van der Waals surface area contributed by atoms with Crippen molar-refractivity contribution in [1.29, 1.82) is 0 Å². The van der Waals surface area contributed by atoms with Gasteiger partial charge in [-0.3, -0.25) is 0 Å². The summed E-state index contributed by atoms with van der Waals surface area (Å²) in [5.74, 6) is -1.13. The Morgan fingerprint density at radius 2 is 1.32 bits per heavy atom. The van der Waals surface area contributed by atoms with E-state index < -0.39 is 29.6 Å². The minimum Gasteiger partial charge on any atom is -0.467 e. The quantitative estimate of drug-likeness (QED) is 0.671. The lowest BCUT2D eigenvalue weighted by Crippen LogP contribution is -2.47. The van der Waals surface area contributed by atoms with Crippen molar-refractivity contribution in [2.24, 2.45) is 0 Å². The van der Waals surface area contributed by atoms with Gasteiger partial charge in [0.2, 0.25) is 0 Å². The summed E-state index contributed by atoms with van der Waals surface area (Å²) >= 11 is 12.0. The maximum absolute atomic E-state index is 12.6. The molecule has 2 aromatic rings. The first kappa shape index (κ1) is 22.1. The van der Waals surface area contributed by atoms with Crippen LogP contribution in [0.4, 0.5) is 4.79 Å². The SMILES string of the molecule is COC(=O)C(NC(=O)OC(C)(C)C)C(c1ccc(Cl)cc1)c1ccc(Cl)cc1. The largest absolute Gasteiger partial charge is 0.467 e. The third-order valence-electron chi connectivity index (χ3n) is 3.92. The number of benzene rings is 2. The molecular formula is C21H23Cl2NO4. The Morgan fingerprint density at radius 1 is 0.893 bits per heavy atom. The van der Waals surface area contributed by atoms with E-state index in [4.69, 9.17) is 32.7 Å². The van der Waals surface area contributed by atoms with Crippen molar-refractivity contribution in [3.05, 3.63) is 69.7 Å². The molecule has 0 aromatic heterocycles. The lowest BCUT2D eigenvalue weighted by molar-refractivity contribution is -0.143. The molecule has 1 unspecified atom stereocenters. The number of esters is 1. The van der Waals surface area contributed by atoms with E-state index in [0.717, 1.165) is 11.1 Å². The summed E-state index contributed by atoms with van der Waals surface area (Å²) in [4.78, 5) is 25.0. The number of hydrogen-bond donors (Lipinski definition) is 1. The van der Waals surface area contributed by atoms with Crippen LogP contribution in [0, 0.1) is 0 Å². The van der Waals surface area contributed by atoms with Gasteiger partial charge in [-0.05, 0) is 56.2 Å². The van der Waals surface area contributed by atoms with E-state index in [-0.39, 0.29) is 0 Å². The number of nitrogens with one attached hydrogen (secondary N) is 1. The zero-order valence-electron chi connectivity index (χ0n) is 16.2. The van der Waals surface area contributed by atoms with Gasteiger partial charge in [-0.1, -0.05) is 47.5 Å². The summed E-state index contributed by atoms with van der Waals surface area (Å²) in [6.07, 6.45) is -0.712. The molecule has 0 radical (unpaired) electrons. The van der Waals surface area contributed by atoms with Crippen LogP contribution >= 0.6 is 23.2 Å². The van der Waals surface area contributed by atoms with Crippen LogP contribution < -0.4 is 5.32 Å². The van der Waals surface area contributed by atoms with Crippen LogP contribution in [-0.2, 0) is 14.3 Å². The Hall–Kier alpha value is -2.24. The van der Waals surface area contributed by atoms with Gasteiger partial charge in [0.25, 0.3) is 0 Å². The minimum atomic E-state index is -1.01. The lowest BCUT2D eigenvalue weighted by atomic mass is 9.85. The first-order valence-electron chi connectivity index (χ1n) is 8.69. The molecule has 150 valence electrons. The Bertz CT molecular complexity index is 768. The molecule has 0 aliphatic rings. The average Bonchev–Trinajstić information content (AvgIpc) is 2.62. The van der Waals surface area contributed by atoms with Gasteiger partial charge < -0.3 is 14.8 Å². The Labute approximate surface area is 174 Å². The number of hydrogen-bond acceptors (Lipinski definition) is 4. The van der Waals surface area contributed by atoms with Gasteiger partial charge in [0.1, 0.15) is 11.6 Å². The number of alkyl carbamates (subject to hydrolysis) is 1. The van der Waals surface area contributed by atoms with E-state index in [9.17, 15) is 9.59 Å². The van der Waals surface area contributed by atoms with E-state index >= 15 is 0 Å². The summed E-state index contributed by atoms with van der Waals surface area (Å²) in [5, 5.41) is 3.78. The molecule has 0 saturated heterocycles. The van der Waals surface area contributed by atoms with Crippen LogP contribution in [-0.4, -0.2) is 30.8 Å². The highest BCUT2D eigenvalue weighted by atomic mass is 35.5. The third kappa shape index (κ3) is 6.14. The summed E-state index contributed by atoms with van der Waals surface area (Å²) in [7, 11) is 1.27. The van der Waals surface area contributed by atoms with Crippen LogP contribution in [0.3, 0.4) is 0 Å². The number of methoxy groups -OCH3 is 1. The molecule has 0 aliphatic carbocycles. The predicted molar refractivity (Wildman–Crippen MR) is 110 cm³/mol. The molecule has 0 heterocycles. The zero-order chi connectivity index (χ0) is 20.9. The van der Waals surface area contributed by atoms with Crippen molar-refractivity contribution in [3.63, 3.8) is 0 Å². The van der Waals surface area contributed by atoms with E-state index in [1.165, 1.54) is 7.11 Å². The molecule has 0 saturated carbocycles. The molecule has 7 heteroatoms. The van der Waals surface area contributed by atoms with E-state index in [2.05, 4.69) is 5.32 Å². The molecule has 1 N–H and O–H groups in total. The minimum absolute atomic E-state index is 0.533. The number of ether oxygens (including phenoxy) is 2. The van der Waals surface area contributed by atoms with Gasteiger partial charge in [-0.25, -0.2) is 9.59 Å². The summed E-state index contributed by atoms with van der Waals surface area (Å²) in [5.41, 5.74) is 0.845. The highest BCUT2D eigenvalue weighted by Crippen LogP contribution is 2.31. The average molecular weight is 424 g/mol. The molecule has 0 bridgehead atoms. The molecule has 1 amide bonds. The standard InChI is InChI=1S/C21H23Cl2NO4/c1-21(2,3)28-20(26)24-18(19(25)27-4)17(13-5-9-15(22)10-6-13)14-7-11-16(23)12-8-14/h5-12,17-18H,1-4H3,(H,24,26). The highest BCUT2D eigenvalue weighted by Gasteiger charge is 2.34. The number of carbonyl (C=O) groups is 2. The van der Waals surface area contributed by atoms with E-state index in [0.29, 0.717) is 10.0 Å². The van der Waals surface area contributed by atoms with Crippen LogP contribution in [0.25, 0.3) is 0 Å². The molecule has 0 spiro atoms. The van der Waals surface area contributed by atoms with Gasteiger partial charge in [-0.15, -0.1) is 0 Å².